The molecule has 125 heavy (non-hydrogen) atoms. The van der Waals surface area contributed by atoms with Crippen LogP contribution in [0, 0.1) is 40.4 Å². The Balaban J connectivity index is 0.000000118. The smallest absolute Gasteiger partial charge is 0.206 e. The molecule has 0 radical (unpaired) electrons. The molecule has 0 aliphatic heterocycles. The van der Waals surface area contributed by atoms with Gasteiger partial charge in [0.15, 0.2) is 24.8 Å². The summed E-state index contributed by atoms with van der Waals surface area (Å²) in [5, 5.41) is 10.6. The molecule has 4 nitrogen and oxygen atoms in total. The molecule has 0 unspecified atom stereocenters. The molecule has 0 spiro atoms. The highest BCUT2D eigenvalue weighted by atomic mass is 19.1. The lowest BCUT2D eigenvalue weighted by Gasteiger charge is -2.22. The van der Waals surface area contributed by atoms with Crippen molar-refractivity contribution >= 4 is 43.1 Å². The van der Waals surface area contributed by atoms with E-state index in [2.05, 4.69) is 343 Å². The minimum Gasteiger partial charge on any atom is -0.206 e. The number of rotatable bonds is 13. The number of hydrogen-bond acceptors (Lipinski definition) is 0. The Morgan fingerprint density at radius 3 is 0.920 bits per heavy atom. The van der Waals surface area contributed by atoms with Crippen molar-refractivity contribution in [2.75, 3.05) is 0 Å². The molecule has 5 heteroatoms. The maximum absolute atomic E-state index is 14.9. The van der Waals surface area contributed by atoms with Gasteiger partial charge in [0.2, 0.25) is 22.8 Å². The Morgan fingerprint density at radius 2 is 0.560 bits per heavy atom. The van der Waals surface area contributed by atoms with Gasteiger partial charge in [-0.1, -0.05) is 285 Å². The van der Waals surface area contributed by atoms with E-state index in [-0.39, 0.29) is 5.82 Å². The number of aromatic nitrogens is 4. The summed E-state index contributed by atoms with van der Waals surface area (Å²) in [4.78, 5) is 0. The van der Waals surface area contributed by atoms with E-state index >= 15 is 0 Å². The molecule has 20 rings (SSSR count). The normalized spacial score (nSPS) is 14.8. The molecule has 4 heterocycles. The van der Waals surface area contributed by atoms with Crippen LogP contribution >= 0.6 is 0 Å². The van der Waals surface area contributed by atoms with Crippen molar-refractivity contribution < 1.29 is 22.7 Å². The summed E-state index contributed by atoms with van der Waals surface area (Å²) in [7, 11) is 8.60. The molecular formula is C120H127FN4+4. The summed E-state index contributed by atoms with van der Waals surface area (Å²) in [5.74, 6) is 3.21. The molecule has 16 aromatic rings. The number of pyridine rings is 4. The lowest BCUT2D eigenvalue weighted by molar-refractivity contribution is -0.659. The zero-order valence-corrected chi connectivity index (χ0v) is 76.0. The van der Waals surface area contributed by atoms with E-state index < -0.39 is 0 Å². The first-order valence-electron chi connectivity index (χ1n) is 47.1. The van der Waals surface area contributed by atoms with Gasteiger partial charge < -0.3 is 0 Å². The second-order valence-electron chi connectivity index (χ2n) is 37.3. The number of aryl methyl sites for hydroxylation is 7. The summed E-state index contributed by atoms with van der Waals surface area (Å²) in [6.45, 7) is 15.6. The van der Waals surface area contributed by atoms with Gasteiger partial charge in [0, 0.05) is 35.4 Å². The third kappa shape index (κ3) is 18.8. The van der Waals surface area contributed by atoms with E-state index in [1.165, 1.54) is 289 Å². The van der Waals surface area contributed by atoms with Gasteiger partial charge in [0.25, 0.3) is 0 Å². The van der Waals surface area contributed by atoms with Crippen LogP contribution in [0.5, 0.6) is 0 Å². The minimum absolute atomic E-state index is 0.171. The van der Waals surface area contributed by atoms with Gasteiger partial charge in [-0.3, -0.25) is 0 Å². The summed E-state index contributed by atoms with van der Waals surface area (Å²) in [6.07, 6.45) is 36.0. The molecular weight excluding hydrogens is 1520 g/mol. The minimum atomic E-state index is -0.171. The van der Waals surface area contributed by atoms with Crippen molar-refractivity contribution in [2.45, 2.75) is 206 Å². The summed E-state index contributed by atoms with van der Waals surface area (Å²) in [6, 6.07) is 99.8. The van der Waals surface area contributed by atoms with Crippen LogP contribution in [0.3, 0.4) is 0 Å². The molecule has 630 valence electrons. The highest BCUT2D eigenvalue weighted by molar-refractivity contribution is 5.99. The molecule has 4 saturated carbocycles. The molecule has 0 saturated heterocycles. The van der Waals surface area contributed by atoms with Gasteiger partial charge in [-0.25, -0.2) is 22.7 Å². The fraction of sp³-hybridized carbons (Fsp3) is 0.300. The van der Waals surface area contributed by atoms with Gasteiger partial charge in [-0.05, 0) is 286 Å². The molecule has 4 aromatic heterocycles. The van der Waals surface area contributed by atoms with Crippen molar-refractivity contribution in [1.82, 2.24) is 0 Å². The van der Waals surface area contributed by atoms with Crippen LogP contribution in [0.1, 0.15) is 227 Å². The number of benzene rings is 12. The van der Waals surface area contributed by atoms with Crippen molar-refractivity contribution in [2.24, 2.45) is 28.2 Å². The fourth-order valence-electron chi connectivity index (χ4n) is 21.5. The quantitative estimate of drug-likeness (QED) is 0.102. The van der Waals surface area contributed by atoms with Crippen LogP contribution in [0.15, 0.2) is 298 Å². The van der Waals surface area contributed by atoms with Gasteiger partial charge in [-0.2, -0.15) is 0 Å². The molecule has 0 atom stereocenters. The van der Waals surface area contributed by atoms with Crippen molar-refractivity contribution in [3.8, 4) is 89.5 Å². The van der Waals surface area contributed by atoms with E-state index in [1.807, 2.05) is 43.3 Å². The monoisotopic (exact) mass is 1640 g/mol. The molecule has 4 aliphatic rings. The van der Waals surface area contributed by atoms with Gasteiger partial charge in [0.05, 0.1) is 38.2 Å². The van der Waals surface area contributed by atoms with E-state index in [4.69, 9.17) is 0 Å². The number of halogens is 1. The van der Waals surface area contributed by atoms with Gasteiger partial charge in [0.1, 0.15) is 34.0 Å². The predicted octanol–water partition coefficient (Wildman–Crippen LogP) is 31.0. The standard InChI is InChI=1S/C32H36N.C30H32N.C29H29FN.C29H30N/c1-22(2)30-20-28(25-13-9-6-10-14-25)21-31(23(30)3)32-29-16-15-26(24-11-7-5-8-12-24)19-27(29)17-18-33(32)4;1-21-18-27(24-12-8-5-9-13-24)20-29(22(21)2)30-28-15-14-25(23-10-6-4-7-11-23)19-26(28)16-17-31(30)3;1-20-17-28(30)27(22-11-7-4-8-12-22)19-26(20)29-25-14-13-23(21-9-5-3-6-10-21)18-24(25)15-16-31(29)2;1-21-19-24(22-9-5-3-6-10-22)13-15-27(21)29-28-16-14-25(23-11-7-4-8-12-23)20-26(28)17-18-30(29)2/h6,9-10,13-22,24H,5,7-8,11-12H2,1-4H3;5,8-9,12-20,23H,4,6-7,10-11H2,1-3H3;4,7-8,11-19,21H,3,5-6,9-10H2,1-2H3;3,5-6,9-10,13-20,23H,4,7-8,11-12H2,1-2H3/q4*+1. The first-order valence-corrected chi connectivity index (χ1v) is 47.1. The summed E-state index contributed by atoms with van der Waals surface area (Å²) >= 11 is 0. The average Bonchev–Trinajstić information content (AvgIpc) is 0.766. The highest BCUT2D eigenvalue weighted by Crippen LogP contribution is 2.45. The topological polar surface area (TPSA) is 15.5 Å². The van der Waals surface area contributed by atoms with Gasteiger partial charge >= 0.3 is 0 Å². The molecule has 4 aliphatic carbocycles. The lowest BCUT2D eigenvalue weighted by Crippen LogP contribution is -2.31. The van der Waals surface area contributed by atoms with Crippen LogP contribution in [0.25, 0.3) is 133 Å². The summed E-state index contributed by atoms with van der Waals surface area (Å²) < 4.78 is 23.9. The van der Waals surface area contributed by atoms with E-state index in [9.17, 15) is 4.39 Å². The predicted molar refractivity (Wildman–Crippen MR) is 525 cm³/mol. The number of hydrogen-bond donors (Lipinski definition) is 0. The second-order valence-corrected chi connectivity index (χ2v) is 37.3. The van der Waals surface area contributed by atoms with Crippen molar-refractivity contribution in [3.05, 3.63) is 359 Å². The van der Waals surface area contributed by atoms with E-state index in [1.54, 1.807) is 6.07 Å². The Hall–Kier alpha value is -11.8. The fourth-order valence-corrected chi connectivity index (χ4v) is 21.5. The van der Waals surface area contributed by atoms with Crippen LogP contribution in [-0.2, 0) is 28.2 Å². The first kappa shape index (κ1) is 85.4. The molecule has 4 fully saturated rings. The third-order valence-electron chi connectivity index (χ3n) is 28.7. The highest BCUT2D eigenvalue weighted by Gasteiger charge is 2.29. The van der Waals surface area contributed by atoms with Crippen LogP contribution < -0.4 is 18.3 Å². The van der Waals surface area contributed by atoms with Gasteiger partial charge in [-0.15, -0.1) is 0 Å². The molecule has 0 N–H and O–H groups in total. The first-order chi connectivity index (χ1) is 61.0. The maximum atomic E-state index is 14.9. The molecule has 0 amide bonds. The Bertz CT molecular complexity index is 6520. The van der Waals surface area contributed by atoms with Crippen LogP contribution in [-0.4, -0.2) is 0 Å². The lowest BCUT2D eigenvalue weighted by atomic mass is 9.83. The van der Waals surface area contributed by atoms with Crippen LogP contribution in [0.2, 0.25) is 0 Å². The average molecular weight is 1640 g/mol. The number of fused-ring (bicyclic) bond motifs is 4. The van der Waals surface area contributed by atoms with E-state index in [0.29, 0.717) is 17.4 Å². The van der Waals surface area contributed by atoms with Crippen LogP contribution in [0.4, 0.5) is 4.39 Å². The Kier molecular flexibility index (Phi) is 26.5. The molecule has 12 aromatic carbocycles. The Morgan fingerprint density at radius 1 is 0.248 bits per heavy atom. The van der Waals surface area contributed by atoms with Crippen molar-refractivity contribution in [1.29, 1.82) is 0 Å². The van der Waals surface area contributed by atoms with Crippen molar-refractivity contribution in [3.63, 3.8) is 0 Å². The zero-order chi connectivity index (χ0) is 86.2. The maximum Gasteiger partial charge on any atom is 0.220 e. The Labute approximate surface area is 744 Å². The molecule has 0 bridgehead atoms. The summed E-state index contributed by atoms with van der Waals surface area (Å²) in [5.41, 5.74) is 33.2. The third-order valence-corrected chi connectivity index (χ3v) is 28.7. The zero-order valence-electron chi connectivity index (χ0n) is 76.0. The SMILES string of the molecule is Cc1c(-c2c3ccc(C4CCCCC4)cc3cc[n+]2C)cc(-c2ccccc2)cc1C(C)C.Cc1cc(-c2ccccc2)cc(-c2c3ccc(C4CCCCC4)cc3cc[n+]2C)c1C.Cc1cc(-c2ccccc2)ccc1-c1c2ccc(C3CCCCC3)cc2cc[n+]1C.Cc1cc(F)c(-c2ccccc2)cc1-c1c2ccc(C3CCCCC3)cc2cc[n+]1C. The number of nitrogens with zero attached hydrogens (tertiary/aromatic N) is 4. The van der Waals surface area contributed by atoms with E-state index in [0.717, 1.165) is 40.1 Å². The second kappa shape index (κ2) is 38.8. The largest absolute Gasteiger partial charge is 0.220 e.